The number of ether oxygens (including phenoxy) is 1. The molecule has 0 fully saturated rings. The number of rotatable bonds is 5. The van der Waals surface area contributed by atoms with Crippen molar-refractivity contribution < 1.29 is 13.9 Å². The van der Waals surface area contributed by atoms with E-state index in [1.54, 1.807) is 0 Å². The topological polar surface area (TPSA) is 64.1 Å². The summed E-state index contributed by atoms with van der Waals surface area (Å²) in [5, 5.41) is 3.06. The molecule has 2 rings (SSSR count). The molecular formula is C16H18FN3O2. The number of benzene rings is 1. The Morgan fingerprint density at radius 2 is 2.09 bits per heavy atom. The highest BCUT2D eigenvalue weighted by molar-refractivity contribution is 5.89. The van der Waals surface area contributed by atoms with Crippen molar-refractivity contribution in [2.45, 2.75) is 26.8 Å². The molecular weight excluding hydrogens is 285 g/mol. The number of anilines is 1. The number of esters is 1. The minimum absolute atomic E-state index is 0.219. The van der Waals surface area contributed by atoms with E-state index in [1.807, 2.05) is 19.9 Å². The van der Waals surface area contributed by atoms with Gasteiger partial charge in [0.25, 0.3) is 0 Å². The van der Waals surface area contributed by atoms with E-state index in [1.165, 1.54) is 25.3 Å². The van der Waals surface area contributed by atoms with Gasteiger partial charge in [-0.15, -0.1) is 0 Å². The lowest BCUT2D eigenvalue weighted by Gasteiger charge is -2.10. The zero-order valence-electron chi connectivity index (χ0n) is 12.8. The van der Waals surface area contributed by atoms with Gasteiger partial charge in [-0.1, -0.05) is 6.92 Å². The summed E-state index contributed by atoms with van der Waals surface area (Å²) in [7, 11) is 1.29. The monoisotopic (exact) mass is 303 g/mol. The molecule has 6 heteroatoms. The molecule has 0 radical (unpaired) electrons. The van der Waals surface area contributed by atoms with Crippen molar-refractivity contribution in [3.05, 3.63) is 52.7 Å². The quantitative estimate of drug-likeness (QED) is 0.860. The minimum Gasteiger partial charge on any atom is -0.465 e. The second-order valence-electron chi connectivity index (χ2n) is 4.80. The van der Waals surface area contributed by atoms with Crippen molar-refractivity contribution >= 4 is 11.8 Å². The van der Waals surface area contributed by atoms with E-state index in [0.29, 0.717) is 22.8 Å². The molecule has 0 unspecified atom stereocenters. The highest BCUT2D eigenvalue weighted by atomic mass is 19.1. The van der Waals surface area contributed by atoms with Crippen LogP contribution in [0.15, 0.2) is 24.3 Å². The van der Waals surface area contributed by atoms with E-state index in [-0.39, 0.29) is 12.4 Å². The third kappa shape index (κ3) is 3.78. The Kier molecular flexibility index (Phi) is 5.04. The van der Waals surface area contributed by atoms with Crippen molar-refractivity contribution in [3.63, 3.8) is 0 Å². The fraction of sp³-hybridized carbons (Fsp3) is 0.312. The molecule has 0 bridgehead atoms. The second-order valence-corrected chi connectivity index (χ2v) is 4.80. The number of hydrogen-bond donors (Lipinski definition) is 1. The molecule has 1 aromatic carbocycles. The number of carbonyl (C=O) groups excluding carboxylic acids is 1. The predicted octanol–water partition coefficient (Wildman–Crippen LogP) is 2.89. The van der Waals surface area contributed by atoms with Crippen molar-refractivity contribution in [1.82, 2.24) is 9.97 Å². The molecule has 0 spiro atoms. The van der Waals surface area contributed by atoms with Gasteiger partial charge in [0.2, 0.25) is 0 Å². The van der Waals surface area contributed by atoms with Crippen LogP contribution < -0.4 is 5.32 Å². The van der Waals surface area contributed by atoms with E-state index in [9.17, 15) is 9.18 Å². The first-order valence-corrected chi connectivity index (χ1v) is 6.98. The van der Waals surface area contributed by atoms with Gasteiger partial charge in [-0.2, -0.15) is 0 Å². The smallest absolute Gasteiger partial charge is 0.337 e. The van der Waals surface area contributed by atoms with Gasteiger partial charge in [0.15, 0.2) is 0 Å². The molecule has 116 valence electrons. The number of nitrogens with zero attached hydrogens (tertiary/aromatic N) is 2. The minimum atomic E-state index is -0.493. The van der Waals surface area contributed by atoms with Crippen LogP contribution in [0.2, 0.25) is 0 Å². The number of hydrogen-bond acceptors (Lipinski definition) is 5. The third-order valence-corrected chi connectivity index (χ3v) is 3.18. The first kappa shape index (κ1) is 15.9. The number of aryl methyl sites for hydroxylation is 2. The summed E-state index contributed by atoms with van der Waals surface area (Å²) in [6.07, 6.45) is 0.796. The van der Waals surface area contributed by atoms with E-state index in [2.05, 4.69) is 20.0 Å². The Balaban J connectivity index is 2.17. The summed E-state index contributed by atoms with van der Waals surface area (Å²) < 4.78 is 18.5. The van der Waals surface area contributed by atoms with Gasteiger partial charge in [0.1, 0.15) is 17.5 Å². The van der Waals surface area contributed by atoms with Crippen LogP contribution in [0.1, 0.15) is 34.4 Å². The van der Waals surface area contributed by atoms with Gasteiger partial charge in [-0.05, 0) is 31.5 Å². The number of halogens is 1. The number of carbonyl (C=O) groups is 1. The van der Waals surface area contributed by atoms with Gasteiger partial charge in [0, 0.05) is 23.9 Å². The molecule has 0 saturated carbocycles. The van der Waals surface area contributed by atoms with Crippen LogP contribution in [-0.2, 0) is 17.7 Å². The molecule has 1 aromatic heterocycles. The fourth-order valence-corrected chi connectivity index (χ4v) is 2.04. The van der Waals surface area contributed by atoms with Crippen LogP contribution in [0.5, 0.6) is 0 Å². The molecule has 0 aliphatic heterocycles. The summed E-state index contributed by atoms with van der Waals surface area (Å²) in [4.78, 5) is 20.0. The van der Waals surface area contributed by atoms with Crippen LogP contribution in [-0.4, -0.2) is 23.0 Å². The molecule has 0 saturated heterocycles. The van der Waals surface area contributed by atoms with Crippen molar-refractivity contribution in [2.75, 3.05) is 12.4 Å². The predicted molar refractivity (Wildman–Crippen MR) is 81.2 cm³/mol. The lowest BCUT2D eigenvalue weighted by atomic mass is 10.1. The van der Waals surface area contributed by atoms with Crippen molar-refractivity contribution in [3.8, 4) is 0 Å². The highest BCUT2D eigenvalue weighted by Crippen LogP contribution is 2.14. The van der Waals surface area contributed by atoms with Gasteiger partial charge in [0.05, 0.1) is 12.7 Å². The van der Waals surface area contributed by atoms with Gasteiger partial charge < -0.3 is 10.1 Å². The SMILES string of the molecule is CCc1cc(NCc2cc(C(=O)OC)ccc2F)nc(C)n1. The van der Waals surface area contributed by atoms with E-state index in [0.717, 1.165) is 12.1 Å². The Labute approximate surface area is 128 Å². The molecule has 0 aliphatic carbocycles. The summed E-state index contributed by atoms with van der Waals surface area (Å²) in [6.45, 7) is 4.03. The zero-order valence-corrected chi connectivity index (χ0v) is 12.8. The van der Waals surface area contributed by atoms with Gasteiger partial charge >= 0.3 is 5.97 Å². The summed E-state index contributed by atoms with van der Waals surface area (Å²) >= 11 is 0. The van der Waals surface area contributed by atoms with Crippen LogP contribution in [0.4, 0.5) is 10.2 Å². The van der Waals surface area contributed by atoms with Crippen LogP contribution in [0, 0.1) is 12.7 Å². The average Bonchev–Trinajstić information content (AvgIpc) is 2.52. The summed E-state index contributed by atoms with van der Waals surface area (Å²) in [6, 6.07) is 5.96. The largest absolute Gasteiger partial charge is 0.465 e. The Hall–Kier alpha value is -2.50. The van der Waals surface area contributed by atoms with Gasteiger partial charge in [-0.3, -0.25) is 0 Å². The standard InChI is InChI=1S/C16H18FN3O2/c1-4-13-8-15(20-10(2)19-13)18-9-12-7-11(16(21)22-3)5-6-14(12)17/h5-8H,4,9H2,1-3H3,(H,18,19,20). The van der Waals surface area contributed by atoms with Crippen LogP contribution in [0.3, 0.4) is 0 Å². The highest BCUT2D eigenvalue weighted by Gasteiger charge is 2.10. The maximum absolute atomic E-state index is 13.8. The van der Waals surface area contributed by atoms with Crippen molar-refractivity contribution in [2.24, 2.45) is 0 Å². The summed E-state index contributed by atoms with van der Waals surface area (Å²) in [5.41, 5.74) is 1.60. The molecule has 0 aliphatic rings. The Morgan fingerprint density at radius 3 is 2.77 bits per heavy atom. The van der Waals surface area contributed by atoms with Gasteiger partial charge in [-0.25, -0.2) is 19.2 Å². The molecule has 0 atom stereocenters. The van der Waals surface area contributed by atoms with E-state index >= 15 is 0 Å². The second kappa shape index (κ2) is 6.98. The molecule has 5 nitrogen and oxygen atoms in total. The maximum Gasteiger partial charge on any atom is 0.337 e. The average molecular weight is 303 g/mol. The van der Waals surface area contributed by atoms with Crippen LogP contribution >= 0.6 is 0 Å². The van der Waals surface area contributed by atoms with Crippen molar-refractivity contribution in [1.29, 1.82) is 0 Å². The Morgan fingerprint density at radius 1 is 1.32 bits per heavy atom. The third-order valence-electron chi connectivity index (χ3n) is 3.18. The Bertz CT molecular complexity index is 689. The lowest BCUT2D eigenvalue weighted by molar-refractivity contribution is 0.0600. The lowest BCUT2D eigenvalue weighted by Crippen LogP contribution is -2.08. The molecule has 1 heterocycles. The van der Waals surface area contributed by atoms with E-state index < -0.39 is 5.97 Å². The molecule has 1 N–H and O–H groups in total. The normalized spacial score (nSPS) is 10.4. The first-order chi connectivity index (χ1) is 10.5. The summed E-state index contributed by atoms with van der Waals surface area (Å²) in [5.74, 6) is 0.409. The van der Waals surface area contributed by atoms with E-state index in [4.69, 9.17) is 0 Å². The molecule has 0 amide bonds. The molecule has 2 aromatic rings. The zero-order chi connectivity index (χ0) is 16.1. The molecule has 22 heavy (non-hydrogen) atoms. The fourth-order valence-electron chi connectivity index (χ4n) is 2.04. The number of methoxy groups -OCH3 is 1. The number of aromatic nitrogens is 2. The first-order valence-electron chi connectivity index (χ1n) is 6.98. The maximum atomic E-state index is 13.8. The van der Waals surface area contributed by atoms with Crippen LogP contribution in [0.25, 0.3) is 0 Å². The number of nitrogens with one attached hydrogen (secondary N) is 1.